The van der Waals surface area contributed by atoms with Crippen LogP contribution in [-0.2, 0) is 4.74 Å². The highest BCUT2D eigenvalue weighted by atomic mass is 19.1. The first kappa shape index (κ1) is 17.6. The largest absolute Gasteiger partial charge is 0.481 e. The van der Waals surface area contributed by atoms with Crippen molar-refractivity contribution in [3.05, 3.63) is 84.3 Å². The SMILES string of the molecule is Fc1ccc(-c2ncccc2O[C@@H](c2ccccc2)C2CNCCO2)cc1. The number of nitrogens with one attached hydrogen (secondary N) is 1. The average molecular weight is 364 g/mol. The highest BCUT2D eigenvalue weighted by Crippen LogP contribution is 2.33. The Labute approximate surface area is 158 Å². The van der Waals surface area contributed by atoms with Crippen molar-refractivity contribution in [3.63, 3.8) is 0 Å². The molecule has 1 fully saturated rings. The molecular formula is C22H21FN2O2. The summed E-state index contributed by atoms with van der Waals surface area (Å²) in [5.41, 5.74) is 2.53. The van der Waals surface area contributed by atoms with E-state index in [1.165, 1.54) is 12.1 Å². The van der Waals surface area contributed by atoms with Gasteiger partial charge in [0.2, 0.25) is 0 Å². The van der Waals surface area contributed by atoms with Crippen LogP contribution >= 0.6 is 0 Å². The van der Waals surface area contributed by atoms with Crippen molar-refractivity contribution < 1.29 is 13.9 Å². The predicted molar refractivity (Wildman–Crippen MR) is 102 cm³/mol. The number of hydrogen-bond donors (Lipinski definition) is 1. The van der Waals surface area contributed by atoms with Crippen LogP contribution in [0.3, 0.4) is 0 Å². The van der Waals surface area contributed by atoms with Crippen molar-refractivity contribution in [2.75, 3.05) is 19.7 Å². The van der Waals surface area contributed by atoms with Crippen LogP contribution in [0.25, 0.3) is 11.3 Å². The molecule has 0 radical (unpaired) electrons. The second-order valence-electron chi connectivity index (χ2n) is 6.42. The van der Waals surface area contributed by atoms with Crippen molar-refractivity contribution >= 4 is 0 Å². The quantitative estimate of drug-likeness (QED) is 0.743. The molecule has 4 nitrogen and oxygen atoms in total. The van der Waals surface area contributed by atoms with E-state index in [1.807, 2.05) is 42.5 Å². The monoisotopic (exact) mass is 364 g/mol. The van der Waals surface area contributed by atoms with Gasteiger partial charge in [0.1, 0.15) is 23.4 Å². The molecule has 0 saturated carbocycles. The van der Waals surface area contributed by atoms with Crippen LogP contribution < -0.4 is 10.1 Å². The van der Waals surface area contributed by atoms with Gasteiger partial charge < -0.3 is 14.8 Å². The Morgan fingerprint density at radius 1 is 1.04 bits per heavy atom. The maximum Gasteiger partial charge on any atom is 0.151 e. The summed E-state index contributed by atoms with van der Waals surface area (Å²) in [6.07, 6.45) is 1.33. The molecule has 2 heterocycles. The number of ether oxygens (including phenoxy) is 2. The van der Waals surface area contributed by atoms with Crippen LogP contribution in [0.15, 0.2) is 72.9 Å². The number of benzene rings is 2. The molecule has 3 aromatic rings. The third-order valence-electron chi connectivity index (χ3n) is 4.56. The Balaban J connectivity index is 1.68. The Bertz CT molecular complexity index is 865. The van der Waals surface area contributed by atoms with E-state index in [-0.39, 0.29) is 18.0 Å². The highest BCUT2D eigenvalue weighted by Gasteiger charge is 2.28. The Hall–Kier alpha value is -2.76. The summed E-state index contributed by atoms with van der Waals surface area (Å²) in [5, 5.41) is 3.36. The standard InChI is InChI=1S/C22H21FN2O2/c23-18-10-8-16(9-11-18)21-19(7-4-12-25-21)27-22(17-5-2-1-3-6-17)20-15-24-13-14-26-20/h1-12,20,22,24H,13-15H2/t20?,22-/m0/s1. The number of hydrogen-bond acceptors (Lipinski definition) is 4. The highest BCUT2D eigenvalue weighted by molar-refractivity contribution is 5.66. The molecule has 0 spiro atoms. The van der Waals surface area contributed by atoms with Crippen LogP contribution in [0.4, 0.5) is 4.39 Å². The zero-order chi connectivity index (χ0) is 18.5. The molecule has 0 aliphatic carbocycles. The first-order valence-corrected chi connectivity index (χ1v) is 9.06. The average Bonchev–Trinajstić information content (AvgIpc) is 2.74. The molecule has 5 heteroatoms. The fourth-order valence-corrected chi connectivity index (χ4v) is 3.23. The van der Waals surface area contributed by atoms with Crippen molar-refractivity contribution in [3.8, 4) is 17.0 Å². The minimum absolute atomic E-state index is 0.109. The Morgan fingerprint density at radius 3 is 2.59 bits per heavy atom. The molecule has 4 rings (SSSR count). The van der Waals surface area contributed by atoms with Gasteiger partial charge in [-0.3, -0.25) is 4.98 Å². The summed E-state index contributed by atoms with van der Waals surface area (Å²) in [6.45, 7) is 2.20. The molecule has 2 aromatic carbocycles. The van der Waals surface area contributed by atoms with Gasteiger partial charge in [-0.15, -0.1) is 0 Å². The first-order chi connectivity index (χ1) is 13.3. The minimum Gasteiger partial charge on any atom is -0.481 e. The van der Waals surface area contributed by atoms with E-state index in [9.17, 15) is 4.39 Å². The number of nitrogens with zero attached hydrogens (tertiary/aromatic N) is 1. The van der Waals surface area contributed by atoms with Crippen LogP contribution in [0.1, 0.15) is 11.7 Å². The molecule has 1 aromatic heterocycles. The Kier molecular flexibility index (Phi) is 5.42. The molecule has 27 heavy (non-hydrogen) atoms. The summed E-state index contributed by atoms with van der Waals surface area (Å²) in [7, 11) is 0. The normalized spacial score (nSPS) is 18.0. The number of aromatic nitrogens is 1. The summed E-state index contributed by atoms with van der Waals surface area (Å²) in [4.78, 5) is 4.47. The number of halogens is 1. The Morgan fingerprint density at radius 2 is 1.85 bits per heavy atom. The van der Waals surface area contributed by atoms with Gasteiger partial charge in [-0.2, -0.15) is 0 Å². The molecule has 1 N–H and O–H groups in total. The molecule has 1 unspecified atom stereocenters. The van der Waals surface area contributed by atoms with Gasteiger partial charge in [-0.05, 0) is 42.0 Å². The van der Waals surface area contributed by atoms with Gasteiger partial charge in [0.15, 0.2) is 6.10 Å². The smallest absolute Gasteiger partial charge is 0.151 e. The van der Waals surface area contributed by atoms with Crippen LogP contribution in [0, 0.1) is 5.82 Å². The minimum atomic E-state index is -0.277. The zero-order valence-corrected chi connectivity index (χ0v) is 14.8. The van der Waals surface area contributed by atoms with E-state index in [0.29, 0.717) is 24.6 Å². The molecule has 0 amide bonds. The van der Waals surface area contributed by atoms with Gasteiger partial charge in [0, 0.05) is 24.8 Å². The summed E-state index contributed by atoms with van der Waals surface area (Å²) < 4.78 is 25.7. The number of rotatable bonds is 5. The van der Waals surface area contributed by atoms with Gasteiger partial charge >= 0.3 is 0 Å². The van der Waals surface area contributed by atoms with Crippen LogP contribution in [0.2, 0.25) is 0 Å². The first-order valence-electron chi connectivity index (χ1n) is 9.06. The number of morpholine rings is 1. The fourth-order valence-electron chi connectivity index (χ4n) is 3.23. The maximum absolute atomic E-state index is 13.3. The van der Waals surface area contributed by atoms with E-state index in [2.05, 4.69) is 10.3 Å². The van der Waals surface area contributed by atoms with E-state index >= 15 is 0 Å². The zero-order valence-electron chi connectivity index (χ0n) is 14.8. The molecule has 0 bridgehead atoms. The van der Waals surface area contributed by atoms with Crippen molar-refractivity contribution in [2.45, 2.75) is 12.2 Å². The summed E-state index contributed by atoms with van der Waals surface area (Å²) in [5.74, 6) is 0.369. The predicted octanol–water partition coefficient (Wildman–Crippen LogP) is 4.00. The molecular weight excluding hydrogens is 343 g/mol. The molecule has 1 aliphatic heterocycles. The molecule has 1 aliphatic rings. The van der Waals surface area contributed by atoms with E-state index in [0.717, 1.165) is 17.7 Å². The third-order valence-corrected chi connectivity index (χ3v) is 4.56. The fraction of sp³-hybridized carbons (Fsp3) is 0.227. The molecule has 2 atom stereocenters. The van der Waals surface area contributed by atoms with Crippen LogP contribution in [-0.4, -0.2) is 30.8 Å². The van der Waals surface area contributed by atoms with Crippen LogP contribution in [0.5, 0.6) is 5.75 Å². The molecule has 138 valence electrons. The number of pyridine rings is 1. The van der Waals surface area contributed by atoms with Gasteiger partial charge in [-0.1, -0.05) is 30.3 Å². The van der Waals surface area contributed by atoms with Crippen molar-refractivity contribution in [2.24, 2.45) is 0 Å². The van der Waals surface area contributed by atoms with E-state index < -0.39 is 0 Å². The van der Waals surface area contributed by atoms with Gasteiger partial charge in [0.05, 0.1) is 6.61 Å². The maximum atomic E-state index is 13.3. The van der Waals surface area contributed by atoms with Gasteiger partial charge in [0.25, 0.3) is 0 Å². The lowest BCUT2D eigenvalue weighted by molar-refractivity contribution is -0.0431. The molecule has 1 saturated heterocycles. The topological polar surface area (TPSA) is 43.4 Å². The lowest BCUT2D eigenvalue weighted by Crippen LogP contribution is -2.43. The summed E-state index contributed by atoms with van der Waals surface area (Å²) >= 11 is 0. The van der Waals surface area contributed by atoms with E-state index in [1.54, 1.807) is 18.3 Å². The van der Waals surface area contributed by atoms with Crippen molar-refractivity contribution in [1.82, 2.24) is 10.3 Å². The lowest BCUT2D eigenvalue weighted by atomic mass is 10.0. The lowest BCUT2D eigenvalue weighted by Gasteiger charge is -2.32. The second kappa shape index (κ2) is 8.29. The van der Waals surface area contributed by atoms with Gasteiger partial charge in [-0.25, -0.2) is 4.39 Å². The summed E-state index contributed by atoms with van der Waals surface area (Å²) in [6, 6.07) is 20.0. The van der Waals surface area contributed by atoms with Crippen molar-refractivity contribution in [1.29, 1.82) is 0 Å². The van der Waals surface area contributed by atoms with E-state index in [4.69, 9.17) is 9.47 Å². The second-order valence-corrected chi connectivity index (χ2v) is 6.42. The third kappa shape index (κ3) is 4.15.